The highest BCUT2D eigenvalue weighted by Gasteiger charge is 2.38. The van der Waals surface area contributed by atoms with E-state index in [9.17, 15) is 0 Å². The summed E-state index contributed by atoms with van der Waals surface area (Å²) in [6.45, 7) is 14.2. The Bertz CT molecular complexity index is 3210. The number of hydrogen-bond acceptors (Lipinski definition) is 1. The maximum atomic E-state index is 2.63. The number of benzene rings is 8. The summed E-state index contributed by atoms with van der Waals surface area (Å²) in [7, 11) is 0. The molecule has 11 rings (SSSR count). The molecule has 2 aliphatic rings. The molecule has 0 aliphatic heterocycles. The Morgan fingerprint density at radius 2 is 1.02 bits per heavy atom. The van der Waals surface area contributed by atoms with Crippen LogP contribution in [0.2, 0.25) is 0 Å². The third kappa shape index (κ3) is 6.53. The number of rotatable bonds is 6. The molecule has 3 unspecified atom stereocenters. The Balaban J connectivity index is 1.21. The van der Waals surface area contributed by atoms with Crippen molar-refractivity contribution in [2.75, 3.05) is 4.90 Å². The second kappa shape index (κ2) is 15.4. The van der Waals surface area contributed by atoms with E-state index in [0.717, 1.165) is 6.42 Å². The molecule has 0 radical (unpaired) electrons. The molecule has 2 aliphatic carbocycles. The van der Waals surface area contributed by atoms with E-state index in [0.29, 0.717) is 5.92 Å². The summed E-state index contributed by atoms with van der Waals surface area (Å²) in [5, 5.41) is 6.65. The number of hydrogen-bond donors (Lipinski definition) is 0. The lowest BCUT2D eigenvalue weighted by atomic mass is 9.70. The van der Waals surface area contributed by atoms with Crippen molar-refractivity contribution >= 4 is 49.9 Å². The minimum atomic E-state index is -0.0988. The summed E-state index contributed by atoms with van der Waals surface area (Å²) in [5.74, 6) is 0.586. The molecule has 0 spiro atoms. The zero-order chi connectivity index (χ0) is 43.7. The second-order valence-corrected chi connectivity index (χ2v) is 20.0. The Labute approximate surface area is 378 Å². The van der Waals surface area contributed by atoms with E-state index >= 15 is 0 Å². The fourth-order valence-electron chi connectivity index (χ4n) is 11.5. The van der Waals surface area contributed by atoms with Crippen molar-refractivity contribution in [3.8, 4) is 28.1 Å². The van der Waals surface area contributed by atoms with Crippen molar-refractivity contribution in [2.24, 2.45) is 5.92 Å². The van der Waals surface area contributed by atoms with Crippen LogP contribution in [0.25, 0.3) is 66.6 Å². The molecule has 9 aromatic rings. The van der Waals surface area contributed by atoms with Gasteiger partial charge in [0.2, 0.25) is 0 Å². The highest BCUT2D eigenvalue weighted by Crippen LogP contribution is 2.52. The van der Waals surface area contributed by atoms with Gasteiger partial charge in [-0.15, -0.1) is 0 Å². The molecule has 0 saturated carbocycles. The molecule has 314 valence electrons. The third-order valence-corrected chi connectivity index (χ3v) is 13.9. The zero-order valence-electron chi connectivity index (χ0n) is 37.9. The molecule has 0 saturated heterocycles. The van der Waals surface area contributed by atoms with Crippen LogP contribution in [0.15, 0.2) is 194 Å². The molecule has 0 N–H and O–H groups in total. The van der Waals surface area contributed by atoms with E-state index in [1.165, 1.54) is 94.1 Å². The molecule has 64 heavy (non-hydrogen) atoms. The third-order valence-electron chi connectivity index (χ3n) is 13.9. The topological polar surface area (TPSA) is 8.17 Å². The average Bonchev–Trinajstić information content (AvgIpc) is 3.67. The van der Waals surface area contributed by atoms with Gasteiger partial charge in [-0.2, -0.15) is 0 Å². The van der Waals surface area contributed by atoms with Gasteiger partial charge in [-0.1, -0.05) is 205 Å². The van der Waals surface area contributed by atoms with E-state index in [4.69, 9.17) is 0 Å². The van der Waals surface area contributed by atoms with Crippen LogP contribution in [0, 0.1) is 5.92 Å². The maximum Gasteiger partial charge on any atom is 0.0619 e. The molecule has 1 aromatic heterocycles. The molecular formula is C62H56N2. The fourth-order valence-corrected chi connectivity index (χ4v) is 11.5. The van der Waals surface area contributed by atoms with E-state index < -0.39 is 0 Å². The van der Waals surface area contributed by atoms with Crippen molar-refractivity contribution in [1.29, 1.82) is 0 Å². The Morgan fingerprint density at radius 1 is 0.500 bits per heavy atom. The van der Waals surface area contributed by atoms with E-state index in [1.54, 1.807) is 0 Å². The summed E-state index contributed by atoms with van der Waals surface area (Å²) in [6.07, 6.45) is 10.9. The SMILES string of the molecule is CC(C)(C)c1c2ccccc2c(C(C)(C)C)c2cc(-n3c(-c4ccccc4)c(-c4ccccc4)c4ccc5c(c43)C=CC3C5CC=CC3N(c3ccccc3)c3ccccc3)ccc12. The Morgan fingerprint density at radius 3 is 1.61 bits per heavy atom. The van der Waals surface area contributed by atoms with Crippen LogP contribution in [-0.4, -0.2) is 10.6 Å². The molecule has 1 heterocycles. The van der Waals surface area contributed by atoms with Gasteiger partial charge in [-0.3, -0.25) is 0 Å². The van der Waals surface area contributed by atoms with Crippen LogP contribution in [0.5, 0.6) is 0 Å². The fraction of sp³-hybridized carbons (Fsp3) is 0.194. The van der Waals surface area contributed by atoms with Gasteiger partial charge in [-0.25, -0.2) is 0 Å². The molecule has 8 aromatic carbocycles. The largest absolute Gasteiger partial charge is 0.334 e. The van der Waals surface area contributed by atoms with E-state index in [2.05, 4.69) is 251 Å². The molecule has 2 nitrogen and oxygen atoms in total. The monoisotopic (exact) mass is 828 g/mol. The number of anilines is 2. The van der Waals surface area contributed by atoms with Gasteiger partial charge >= 0.3 is 0 Å². The van der Waals surface area contributed by atoms with Gasteiger partial charge in [0.1, 0.15) is 0 Å². The van der Waals surface area contributed by atoms with Crippen LogP contribution < -0.4 is 4.90 Å². The van der Waals surface area contributed by atoms with Gasteiger partial charge in [0, 0.05) is 39.5 Å². The van der Waals surface area contributed by atoms with Gasteiger partial charge in [0.05, 0.1) is 17.3 Å². The number of fused-ring (bicyclic) bond motifs is 7. The first kappa shape index (κ1) is 39.9. The zero-order valence-corrected chi connectivity index (χ0v) is 37.9. The first-order chi connectivity index (χ1) is 31.1. The lowest BCUT2D eigenvalue weighted by molar-refractivity contribution is 0.439. The molecule has 0 fully saturated rings. The molecule has 2 heteroatoms. The lowest BCUT2D eigenvalue weighted by Gasteiger charge is -2.43. The summed E-state index contributed by atoms with van der Waals surface area (Å²) in [5.41, 5.74) is 15.2. The van der Waals surface area contributed by atoms with Gasteiger partial charge in [0.15, 0.2) is 0 Å². The van der Waals surface area contributed by atoms with Crippen LogP contribution in [-0.2, 0) is 10.8 Å². The highest BCUT2D eigenvalue weighted by atomic mass is 15.2. The molecule has 0 bridgehead atoms. The number of aromatic nitrogens is 1. The number of para-hydroxylation sites is 2. The lowest BCUT2D eigenvalue weighted by Crippen LogP contribution is -2.40. The van der Waals surface area contributed by atoms with E-state index in [1.807, 2.05) is 0 Å². The molecular weight excluding hydrogens is 773 g/mol. The van der Waals surface area contributed by atoms with Crippen molar-refractivity contribution < 1.29 is 0 Å². The Kier molecular flexibility index (Phi) is 9.62. The standard InChI is InChI=1S/C62H56N2/c1-61(2,3)57-49-30-19-20-31-50(49)58(62(4,5)6)54-40-45(34-35-51(54)57)64-59(42-24-13-8-14-25-42)56(41-22-11-7-12-23-41)53-39-36-47-46-32-21-33-55(48(46)37-38-52(47)60(53)64)63(43-26-15-9-16-27-43)44-28-17-10-18-29-44/h7-31,33-40,46,48,55H,32H2,1-6H3. The first-order valence-electron chi connectivity index (χ1n) is 23.1. The van der Waals surface area contributed by atoms with Crippen LogP contribution in [0.1, 0.15) is 76.1 Å². The van der Waals surface area contributed by atoms with Crippen molar-refractivity contribution in [2.45, 2.75) is 70.8 Å². The minimum Gasteiger partial charge on any atom is -0.334 e. The van der Waals surface area contributed by atoms with Gasteiger partial charge in [0.25, 0.3) is 0 Å². The predicted molar refractivity (Wildman–Crippen MR) is 274 cm³/mol. The quantitative estimate of drug-likeness (QED) is 0.120. The van der Waals surface area contributed by atoms with Crippen molar-refractivity contribution in [3.63, 3.8) is 0 Å². The number of allylic oxidation sites excluding steroid dienone is 1. The summed E-state index contributed by atoms with van der Waals surface area (Å²) >= 11 is 0. The summed E-state index contributed by atoms with van der Waals surface area (Å²) in [6, 6.07) is 65.6. The maximum absolute atomic E-state index is 2.63. The normalized spacial score (nSPS) is 17.2. The van der Waals surface area contributed by atoms with Crippen molar-refractivity contribution in [3.05, 3.63) is 216 Å². The predicted octanol–water partition coefficient (Wildman–Crippen LogP) is 16.8. The summed E-state index contributed by atoms with van der Waals surface area (Å²) in [4.78, 5) is 2.54. The van der Waals surface area contributed by atoms with Crippen LogP contribution in [0.4, 0.5) is 11.4 Å². The van der Waals surface area contributed by atoms with E-state index in [-0.39, 0.29) is 22.8 Å². The minimum absolute atomic E-state index is 0.0606. The van der Waals surface area contributed by atoms with Crippen molar-refractivity contribution in [1.82, 2.24) is 4.57 Å². The highest BCUT2D eigenvalue weighted by molar-refractivity contribution is 6.11. The molecule has 3 atom stereocenters. The Hall–Kier alpha value is -6.90. The van der Waals surface area contributed by atoms with Gasteiger partial charge in [-0.05, 0) is 109 Å². The van der Waals surface area contributed by atoms with Crippen LogP contribution in [0.3, 0.4) is 0 Å². The second-order valence-electron chi connectivity index (χ2n) is 20.0. The van der Waals surface area contributed by atoms with Crippen LogP contribution >= 0.6 is 0 Å². The molecule has 0 amide bonds. The smallest absolute Gasteiger partial charge is 0.0619 e. The van der Waals surface area contributed by atoms with Gasteiger partial charge < -0.3 is 9.47 Å². The first-order valence-corrected chi connectivity index (χ1v) is 23.1. The summed E-state index contributed by atoms with van der Waals surface area (Å²) < 4.78 is 2.63. The average molecular weight is 829 g/mol. The number of nitrogens with zero attached hydrogens (tertiary/aromatic N) is 2.